The lowest BCUT2D eigenvalue weighted by atomic mass is 10.2. The maximum Gasteiger partial charge on any atom is 0.339 e. The Kier molecular flexibility index (Phi) is 4.72. The number of aromatic carboxylic acids is 1. The number of hydrogen-bond donors (Lipinski definition) is 1. The van der Waals surface area contributed by atoms with E-state index in [9.17, 15) is 18.3 Å². The first kappa shape index (κ1) is 16.7. The van der Waals surface area contributed by atoms with E-state index < -0.39 is 16.0 Å². The molecule has 122 valence electrons. The Labute approximate surface area is 130 Å². The van der Waals surface area contributed by atoms with Gasteiger partial charge in [0.1, 0.15) is 16.3 Å². The van der Waals surface area contributed by atoms with Gasteiger partial charge in [0.2, 0.25) is 10.0 Å². The highest BCUT2D eigenvalue weighted by Crippen LogP contribution is 2.29. The molecule has 1 aliphatic rings. The molecule has 1 saturated carbocycles. The van der Waals surface area contributed by atoms with Gasteiger partial charge in [-0.15, -0.1) is 0 Å². The summed E-state index contributed by atoms with van der Waals surface area (Å²) in [5.41, 5.74) is -0.0858. The van der Waals surface area contributed by atoms with Gasteiger partial charge in [-0.1, -0.05) is 12.8 Å². The fourth-order valence-electron chi connectivity index (χ4n) is 2.69. The van der Waals surface area contributed by atoms with Crippen LogP contribution in [0.2, 0.25) is 0 Å². The Morgan fingerprint density at radius 3 is 2.36 bits per heavy atom. The first-order valence-electron chi connectivity index (χ1n) is 7.14. The SMILES string of the molecule is CN(c1ncc(S(=O)(=O)N(C)C)cc1C(=O)O)C1CCCC1. The Morgan fingerprint density at radius 1 is 1.27 bits per heavy atom. The second-order valence-electron chi connectivity index (χ2n) is 5.68. The summed E-state index contributed by atoms with van der Waals surface area (Å²) in [5, 5.41) is 9.41. The van der Waals surface area contributed by atoms with Gasteiger partial charge >= 0.3 is 5.97 Å². The smallest absolute Gasteiger partial charge is 0.339 e. The van der Waals surface area contributed by atoms with Crippen LogP contribution in [0.1, 0.15) is 36.0 Å². The van der Waals surface area contributed by atoms with Crippen LogP contribution in [-0.4, -0.2) is 56.0 Å². The molecule has 1 fully saturated rings. The highest BCUT2D eigenvalue weighted by atomic mass is 32.2. The van der Waals surface area contributed by atoms with Crippen molar-refractivity contribution in [1.29, 1.82) is 0 Å². The van der Waals surface area contributed by atoms with Crippen LogP contribution in [0.4, 0.5) is 5.82 Å². The van der Waals surface area contributed by atoms with Gasteiger partial charge < -0.3 is 10.0 Å². The second-order valence-corrected chi connectivity index (χ2v) is 7.84. The van der Waals surface area contributed by atoms with E-state index in [-0.39, 0.29) is 16.5 Å². The van der Waals surface area contributed by atoms with E-state index >= 15 is 0 Å². The van der Waals surface area contributed by atoms with E-state index in [0.717, 1.165) is 30.0 Å². The van der Waals surface area contributed by atoms with Crippen molar-refractivity contribution in [2.24, 2.45) is 0 Å². The van der Waals surface area contributed by atoms with E-state index in [1.165, 1.54) is 26.4 Å². The van der Waals surface area contributed by atoms with Gasteiger partial charge in [0.15, 0.2) is 0 Å². The molecule has 1 aromatic heterocycles. The van der Waals surface area contributed by atoms with E-state index in [1.807, 2.05) is 11.9 Å². The lowest BCUT2D eigenvalue weighted by Crippen LogP contribution is -2.31. The molecule has 1 aromatic rings. The van der Waals surface area contributed by atoms with Gasteiger partial charge in [0, 0.05) is 33.4 Å². The summed E-state index contributed by atoms with van der Waals surface area (Å²) < 4.78 is 25.3. The molecule has 0 unspecified atom stereocenters. The molecule has 0 aromatic carbocycles. The lowest BCUT2D eigenvalue weighted by molar-refractivity contribution is 0.0697. The molecule has 0 aliphatic heterocycles. The van der Waals surface area contributed by atoms with Crippen LogP contribution in [0.15, 0.2) is 17.2 Å². The summed E-state index contributed by atoms with van der Waals surface area (Å²) in [4.78, 5) is 17.4. The maximum absolute atomic E-state index is 12.1. The third kappa shape index (κ3) is 3.07. The number of pyridine rings is 1. The monoisotopic (exact) mass is 327 g/mol. The number of nitrogens with zero attached hydrogens (tertiary/aromatic N) is 3. The molecule has 0 radical (unpaired) electrons. The number of rotatable bonds is 5. The largest absolute Gasteiger partial charge is 0.478 e. The topological polar surface area (TPSA) is 90.8 Å². The average molecular weight is 327 g/mol. The van der Waals surface area contributed by atoms with E-state index in [4.69, 9.17) is 0 Å². The predicted octanol–water partition coefficient (Wildman–Crippen LogP) is 1.41. The van der Waals surface area contributed by atoms with Gasteiger partial charge in [-0.2, -0.15) is 0 Å². The van der Waals surface area contributed by atoms with E-state index in [1.54, 1.807) is 0 Å². The highest BCUT2D eigenvalue weighted by Gasteiger charge is 2.27. The van der Waals surface area contributed by atoms with Crippen LogP contribution in [0, 0.1) is 0 Å². The van der Waals surface area contributed by atoms with Crippen LogP contribution >= 0.6 is 0 Å². The Bertz CT molecular complexity index is 667. The molecule has 22 heavy (non-hydrogen) atoms. The van der Waals surface area contributed by atoms with Crippen LogP contribution in [0.25, 0.3) is 0 Å². The highest BCUT2D eigenvalue weighted by molar-refractivity contribution is 7.89. The number of anilines is 1. The number of sulfonamides is 1. The summed E-state index contributed by atoms with van der Waals surface area (Å²) in [7, 11) is 0.899. The zero-order chi connectivity index (χ0) is 16.5. The summed E-state index contributed by atoms with van der Waals surface area (Å²) >= 11 is 0. The zero-order valence-electron chi connectivity index (χ0n) is 13.0. The van der Waals surface area contributed by atoms with Crippen molar-refractivity contribution in [1.82, 2.24) is 9.29 Å². The predicted molar refractivity (Wildman–Crippen MR) is 82.7 cm³/mol. The number of carbonyl (C=O) groups is 1. The summed E-state index contributed by atoms with van der Waals surface area (Å²) in [6, 6.07) is 1.44. The fourth-order valence-corrected chi connectivity index (χ4v) is 3.57. The minimum Gasteiger partial charge on any atom is -0.478 e. The van der Waals surface area contributed by atoms with Gasteiger partial charge in [-0.3, -0.25) is 0 Å². The van der Waals surface area contributed by atoms with Crippen LogP contribution < -0.4 is 4.90 Å². The standard InChI is InChI=1S/C14H21N3O4S/c1-16(2)22(20,21)11-8-12(14(18)19)13(15-9-11)17(3)10-6-4-5-7-10/h8-10H,4-7H2,1-3H3,(H,18,19). The summed E-state index contributed by atoms with van der Waals surface area (Å²) in [5.74, 6) is -0.861. The van der Waals surface area contributed by atoms with Crippen molar-refractivity contribution in [2.75, 3.05) is 26.0 Å². The van der Waals surface area contributed by atoms with Crippen molar-refractivity contribution in [3.8, 4) is 0 Å². The van der Waals surface area contributed by atoms with Crippen LogP contribution in [-0.2, 0) is 10.0 Å². The third-order valence-corrected chi connectivity index (χ3v) is 5.84. The van der Waals surface area contributed by atoms with Gasteiger partial charge in [0.25, 0.3) is 0 Å². The first-order valence-corrected chi connectivity index (χ1v) is 8.58. The lowest BCUT2D eigenvalue weighted by Gasteiger charge is -2.27. The number of hydrogen-bond acceptors (Lipinski definition) is 5. The molecule has 2 rings (SSSR count). The normalized spacial score (nSPS) is 16.2. The molecule has 8 heteroatoms. The third-order valence-electron chi connectivity index (χ3n) is 4.06. The van der Waals surface area contributed by atoms with Crippen molar-refractivity contribution in [3.63, 3.8) is 0 Å². The minimum atomic E-state index is -3.71. The van der Waals surface area contributed by atoms with Gasteiger partial charge in [-0.05, 0) is 18.9 Å². The number of aromatic nitrogens is 1. The minimum absolute atomic E-state index is 0.0858. The molecule has 0 amide bonds. The van der Waals surface area contributed by atoms with E-state index in [0.29, 0.717) is 5.82 Å². The van der Waals surface area contributed by atoms with Crippen LogP contribution in [0.5, 0.6) is 0 Å². The average Bonchev–Trinajstić information content (AvgIpc) is 2.99. The molecule has 0 saturated heterocycles. The van der Waals surface area contributed by atoms with Crippen molar-refractivity contribution in [2.45, 2.75) is 36.6 Å². The Balaban J connectivity index is 2.46. The molecule has 7 nitrogen and oxygen atoms in total. The molecule has 0 spiro atoms. The zero-order valence-corrected chi connectivity index (χ0v) is 13.8. The molecule has 1 heterocycles. The van der Waals surface area contributed by atoms with Crippen molar-refractivity contribution >= 4 is 21.8 Å². The maximum atomic E-state index is 12.1. The molecule has 1 aliphatic carbocycles. The molecule has 1 N–H and O–H groups in total. The number of carboxylic acids is 1. The Hall–Kier alpha value is -1.67. The molecule has 0 atom stereocenters. The molecule has 0 bridgehead atoms. The summed E-state index contributed by atoms with van der Waals surface area (Å²) in [6.45, 7) is 0. The second kappa shape index (κ2) is 6.21. The quantitative estimate of drug-likeness (QED) is 0.879. The molecular formula is C14H21N3O4S. The van der Waals surface area contributed by atoms with Crippen molar-refractivity contribution < 1.29 is 18.3 Å². The van der Waals surface area contributed by atoms with Gasteiger partial charge in [-0.25, -0.2) is 22.5 Å². The van der Waals surface area contributed by atoms with Crippen molar-refractivity contribution in [3.05, 3.63) is 17.8 Å². The van der Waals surface area contributed by atoms with Crippen LogP contribution in [0.3, 0.4) is 0 Å². The van der Waals surface area contributed by atoms with E-state index in [2.05, 4.69) is 4.98 Å². The number of carboxylic acid groups (broad SMARTS) is 1. The van der Waals surface area contributed by atoms with Gasteiger partial charge in [0.05, 0.1) is 0 Å². The summed E-state index contributed by atoms with van der Waals surface area (Å²) in [6.07, 6.45) is 5.45. The fraction of sp³-hybridized carbons (Fsp3) is 0.571. The molecular weight excluding hydrogens is 306 g/mol. The Morgan fingerprint density at radius 2 is 1.86 bits per heavy atom. The first-order chi connectivity index (χ1) is 10.2.